The first-order valence-electron chi connectivity index (χ1n) is 8.45. The molecule has 3 aromatic rings. The number of hydrogen-bond donors (Lipinski definition) is 1. The zero-order valence-electron chi connectivity index (χ0n) is 14.3. The van der Waals surface area contributed by atoms with Gasteiger partial charge in [-0.05, 0) is 42.8 Å². The molecule has 28 heavy (non-hydrogen) atoms. The van der Waals surface area contributed by atoms with E-state index in [0.29, 0.717) is 29.7 Å². The average molecular weight is 408 g/mol. The van der Waals surface area contributed by atoms with Crippen molar-refractivity contribution in [3.05, 3.63) is 68.7 Å². The summed E-state index contributed by atoms with van der Waals surface area (Å²) < 4.78 is 39.8. The van der Waals surface area contributed by atoms with Crippen LogP contribution in [0.4, 0.5) is 18.9 Å². The summed E-state index contributed by atoms with van der Waals surface area (Å²) in [4.78, 5) is 29.4. The quantitative estimate of drug-likeness (QED) is 0.690. The number of halogens is 4. The van der Waals surface area contributed by atoms with Crippen LogP contribution in [-0.4, -0.2) is 15.5 Å². The second kappa shape index (κ2) is 6.63. The molecule has 1 amide bonds. The number of alkyl halides is 3. The van der Waals surface area contributed by atoms with Crippen molar-refractivity contribution in [3.63, 3.8) is 0 Å². The van der Waals surface area contributed by atoms with Crippen molar-refractivity contribution in [1.29, 1.82) is 0 Å². The Bertz CT molecular complexity index is 1170. The molecule has 144 valence electrons. The summed E-state index contributed by atoms with van der Waals surface area (Å²) in [6.07, 6.45) is -2.98. The van der Waals surface area contributed by atoms with Gasteiger partial charge in [-0.2, -0.15) is 13.2 Å². The summed E-state index contributed by atoms with van der Waals surface area (Å²) in [6, 6.07) is 7.18. The highest BCUT2D eigenvalue weighted by molar-refractivity contribution is 6.34. The lowest BCUT2D eigenvalue weighted by Gasteiger charge is -2.11. The van der Waals surface area contributed by atoms with Crippen molar-refractivity contribution in [3.8, 4) is 0 Å². The Kier molecular flexibility index (Phi) is 4.38. The highest BCUT2D eigenvalue weighted by Gasteiger charge is 2.31. The maximum Gasteiger partial charge on any atom is 0.416 e. The van der Waals surface area contributed by atoms with Crippen LogP contribution < -0.4 is 10.9 Å². The van der Waals surface area contributed by atoms with Crippen molar-refractivity contribution >= 4 is 34.1 Å². The molecule has 0 saturated heterocycles. The molecule has 9 heteroatoms. The fourth-order valence-corrected chi connectivity index (χ4v) is 3.44. The Labute approximate surface area is 161 Å². The third-order valence-corrected chi connectivity index (χ3v) is 4.94. The first kappa shape index (κ1) is 18.5. The Hall–Kier alpha value is -2.87. The summed E-state index contributed by atoms with van der Waals surface area (Å²) in [7, 11) is 0. The second-order valence-electron chi connectivity index (χ2n) is 6.47. The maximum absolute atomic E-state index is 12.7. The molecule has 1 N–H and O–H groups in total. The van der Waals surface area contributed by atoms with E-state index in [9.17, 15) is 22.8 Å². The van der Waals surface area contributed by atoms with Gasteiger partial charge in [0, 0.05) is 18.5 Å². The van der Waals surface area contributed by atoms with Crippen molar-refractivity contribution in [1.82, 2.24) is 9.55 Å². The zero-order valence-corrected chi connectivity index (χ0v) is 15.1. The largest absolute Gasteiger partial charge is 0.416 e. The van der Waals surface area contributed by atoms with Crippen LogP contribution >= 0.6 is 11.6 Å². The van der Waals surface area contributed by atoms with E-state index in [1.54, 1.807) is 4.57 Å². The second-order valence-corrected chi connectivity index (χ2v) is 6.87. The summed E-state index contributed by atoms with van der Waals surface area (Å²) >= 11 is 5.88. The number of rotatable bonds is 2. The fourth-order valence-electron chi connectivity index (χ4n) is 3.21. The van der Waals surface area contributed by atoms with Crippen LogP contribution in [0.15, 0.2) is 41.2 Å². The molecule has 1 aliphatic rings. The lowest BCUT2D eigenvalue weighted by Crippen LogP contribution is -2.21. The molecule has 2 aromatic carbocycles. The van der Waals surface area contributed by atoms with Crippen molar-refractivity contribution in [2.45, 2.75) is 25.6 Å². The molecule has 0 radical (unpaired) electrons. The van der Waals surface area contributed by atoms with Crippen LogP contribution in [0, 0.1) is 0 Å². The van der Waals surface area contributed by atoms with Gasteiger partial charge in [0.2, 0.25) is 0 Å². The maximum atomic E-state index is 12.7. The zero-order chi connectivity index (χ0) is 20.1. The first-order chi connectivity index (χ1) is 13.2. The molecule has 0 spiro atoms. The number of fused-ring (bicyclic) bond motifs is 2. The number of benzene rings is 2. The Balaban J connectivity index is 1.65. The number of anilines is 1. The number of aryl methyl sites for hydroxylation is 1. The van der Waals surface area contributed by atoms with Crippen LogP contribution in [0.2, 0.25) is 5.02 Å². The molecule has 0 fully saturated rings. The van der Waals surface area contributed by atoms with Crippen LogP contribution in [0.1, 0.15) is 28.2 Å². The van der Waals surface area contributed by atoms with Gasteiger partial charge in [-0.3, -0.25) is 14.2 Å². The van der Waals surface area contributed by atoms with Crippen LogP contribution in [0.25, 0.3) is 10.9 Å². The van der Waals surface area contributed by atoms with Crippen molar-refractivity contribution < 1.29 is 18.0 Å². The van der Waals surface area contributed by atoms with E-state index < -0.39 is 17.6 Å². The molecular weight excluding hydrogens is 395 g/mol. The summed E-state index contributed by atoms with van der Waals surface area (Å²) in [5.41, 5.74) is -0.362. The molecule has 0 aliphatic carbocycles. The smallest absolute Gasteiger partial charge is 0.321 e. The average Bonchev–Trinajstić information content (AvgIpc) is 3.11. The molecule has 1 aromatic heterocycles. The van der Waals surface area contributed by atoms with Gasteiger partial charge in [-0.15, -0.1) is 0 Å². The third kappa shape index (κ3) is 3.24. The summed E-state index contributed by atoms with van der Waals surface area (Å²) in [5.74, 6) is 0.117. The van der Waals surface area contributed by atoms with Crippen LogP contribution in [-0.2, 0) is 19.1 Å². The van der Waals surface area contributed by atoms with Crippen LogP contribution in [0.5, 0.6) is 0 Å². The van der Waals surface area contributed by atoms with Gasteiger partial charge >= 0.3 is 6.18 Å². The number of carbonyl (C=O) groups excluding carboxylic acids is 1. The number of nitrogens with zero attached hydrogens (tertiary/aromatic N) is 2. The van der Waals surface area contributed by atoms with E-state index in [1.165, 1.54) is 18.2 Å². The molecule has 2 heterocycles. The monoisotopic (exact) mass is 407 g/mol. The first-order valence-corrected chi connectivity index (χ1v) is 8.83. The van der Waals surface area contributed by atoms with E-state index in [0.717, 1.165) is 24.6 Å². The van der Waals surface area contributed by atoms with E-state index in [4.69, 9.17) is 11.6 Å². The highest BCUT2D eigenvalue weighted by Crippen LogP contribution is 2.34. The summed E-state index contributed by atoms with van der Waals surface area (Å²) in [6.45, 7) is 0.631. The standard InChI is InChI=1S/C19H13ClF3N3O2/c20-13-9-11(19(21,22)23)4-6-14(13)25-17(27)10-3-5-12-15(8-10)24-16-2-1-7-26(16)18(12)28/h3-6,8-9H,1-2,7H2,(H,25,27). The lowest BCUT2D eigenvalue weighted by atomic mass is 10.1. The van der Waals surface area contributed by atoms with E-state index in [1.807, 2.05) is 0 Å². The minimum Gasteiger partial charge on any atom is -0.321 e. The topological polar surface area (TPSA) is 64.0 Å². The van der Waals surface area contributed by atoms with Crippen molar-refractivity contribution in [2.24, 2.45) is 0 Å². The van der Waals surface area contributed by atoms with Crippen LogP contribution in [0.3, 0.4) is 0 Å². The number of hydrogen-bond acceptors (Lipinski definition) is 3. The van der Waals surface area contributed by atoms with Gasteiger partial charge in [0.05, 0.1) is 27.2 Å². The van der Waals surface area contributed by atoms with Gasteiger partial charge in [0.15, 0.2) is 0 Å². The van der Waals surface area contributed by atoms with E-state index in [2.05, 4.69) is 10.3 Å². The SMILES string of the molecule is O=C(Nc1ccc(C(F)(F)F)cc1Cl)c1ccc2c(=O)n3c(nc2c1)CCC3. The Morgan fingerprint density at radius 3 is 2.68 bits per heavy atom. The van der Waals surface area contributed by atoms with Gasteiger partial charge < -0.3 is 5.32 Å². The molecular formula is C19H13ClF3N3O2. The molecule has 0 saturated carbocycles. The number of carbonyl (C=O) groups is 1. The minimum atomic E-state index is -4.52. The van der Waals surface area contributed by atoms with E-state index >= 15 is 0 Å². The lowest BCUT2D eigenvalue weighted by molar-refractivity contribution is -0.137. The van der Waals surface area contributed by atoms with Gasteiger partial charge in [-0.25, -0.2) is 4.98 Å². The number of amides is 1. The minimum absolute atomic E-state index is 0.0572. The molecule has 0 atom stereocenters. The predicted octanol–water partition coefficient (Wildman–Crippen LogP) is 4.27. The highest BCUT2D eigenvalue weighted by atomic mass is 35.5. The van der Waals surface area contributed by atoms with Crippen molar-refractivity contribution in [2.75, 3.05) is 5.32 Å². The van der Waals surface area contributed by atoms with Gasteiger partial charge in [0.1, 0.15) is 5.82 Å². The Morgan fingerprint density at radius 1 is 1.18 bits per heavy atom. The normalized spacial score (nSPS) is 13.6. The molecule has 1 aliphatic heterocycles. The molecule has 0 bridgehead atoms. The summed E-state index contributed by atoms with van der Waals surface area (Å²) in [5, 5.41) is 2.68. The van der Waals surface area contributed by atoms with E-state index in [-0.39, 0.29) is 21.8 Å². The fraction of sp³-hybridized carbons (Fsp3) is 0.211. The van der Waals surface area contributed by atoms with Gasteiger partial charge in [-0.1, -0.05) is 11.6 Å². The molecule has 4 rings (SSSR count). The molecule has 0 unspecified atom stereocenters. The predicted molar refractivity (Wildman–Crippen MR) is 98.7 cm³/mol. The molecule has 5 nitrogen and oxygen atoms in total. The number of aromatic nitrogens is 2. The van der Waals surface area contributed by atoms with Gasteiger partial charge in [0.25, 0.3) is 11.5 Å². The third-order valence-electron chi connectivity index (χ3n) is 4.62. The number of nitrogens with one attached hydrogen (secondary N) is 1. The Morgan fingerprint density at radius 2 is 1.96 bits per heavy atom.